The molecule has 0 aliphatic heterocycles. The summed E-state index contributed by atoms with van der Waals surface area (Å²) in [5, 5.41) is 0. The SMILES string of the molecule is C=CCC.c1cc2ccc1o2. The predicted molar refractivity (Wildman–Crippen MR) is 47.9 cm³/mol. The van der Waals surface area contributed by atoms with Crippen LogP contribution in [0.5, 0.6) is 0 Å². The number of allylic oxidation sites excluding steroid dienone is 1. The molecule has 0 aliphatic carbocycles. The Hall–Kier alpha value is -1.24. The monoisotopic (exact) mass is 148 g/mol. The molecule has 0 spiro atoms. The number of furan rings is 2. The molecule has 2 aromatic heterocycles. The van der Waals surface area contributed by atoms with Crippen LogP contribution >= 0.6 is 0 Å². The highest BCUT2D eigenvalue weighted by Crippen LogP contribution is 2.13. The zero-order chi connectivity index (χ0) is 8.10. The fourth-order valence-corrected chi connectivity index (χ4v) is 0.712. The van der Waals surface area contributed by atoms with E-state index in [4.69, 9.17) is 4.42 Å². The quantitative estimate of drug-likeness (QED) is 0.564. The first-order chi connectivity index (χ1) is 5.36. The van der Waals surface area contributed by atoms with Crippen LogP contribution in [0.25, 0.3) is 11.2 Å². The van der Waals surface area contributed by atoms with Gasteiger partial charge in [0.25, 0.3) is 0 Å². The van der Waals surface area contributed by atoms with Gasteiger partial charge < -0.3 is 4.42 Å². The average Bonchev–Trinajstić information content (AvgIpc) is 2.67. The van der Waals surface area contributed by atoms with Crippen LogP contribution in [0.15, 0.2) is 41.3 Å². The average molecular weight is 148 g/mol. The van der Waals surface area contributed by atoms with Gasteiger partial charge in [0.1, 0.15) is 11.2 Å². The minimum absolute atomic E-state index is 0.968. The number of rotatable bonds is 1. The third kappa shape index (κ3) is 2.11. The highest BCUT2D eigenvalue weighted by Gasteiger charge is 1.91. The zero-order valence-electron chi connectivity index (χ0n) is 6.71. The minimum Gasteiger partial charge on any atom is -0.457 e. The fraction of sp³-hybridized carbons (Fsp3) is 0.200. The molecule has 0 amide bonds. The topological polar surface area (TPSA) is 13.1 Å². The smallest absolute Gasteiger partial charge is 0.127 e. The van der Waals surface area contributed by atoms with Crippen molar-refractivity contribution in [3.8, 4) is 0 Å². The van der Waals surface area contributed by atoms with Crippen molar-refractivity contribution < 1.29 is 4.42 Å². The Morgan fingerprint density at radius 2 is 1.64 bits per heavy atom. The van der Waals surface area contributed by atoms with E-state index in [1.54, 1.807) is 0 Å². The Morgan fingerprint density at radius 3 is 1.73 bits per heavy atom. The summed E-state index contributed by atoms with van der Waals surface area (Å²) in [6.07, 6.45) is 2.96. The number of hydrogen-bond donors (Lipinski definition) is 0. The highest BCUT2D eigenvalue weighted by atomic mass is 16.3. The molecule has 0 radical (unpaired) electrons. The van der Waals surface area contributed by atoms with Crippen LogP contribution in [-0.4, -0.2) is 0 Å². The first-order valence-corrected chi connectivity index (χ1v) is 3.75. The molecule has 0 atom stereocenters. The van der Waals surface area contributed by atoms with Crippen LogP contribution in [0.1, 0.15) is 13.3 Å². The van der Waals surface area contributed by atoms with Gasteiger partial charge in [0.15, 0.2) is 0 Å². The largest absolute Gasteiger partial charge is 0.457 e. The van der Waals surface area contributed by atoms with Crippen molar-refractivity contribution in [2.45, 2.75) is 13.3 Å². The molecule has 2 heterocycles. The van der Waals surface area contributed by atoms with Gasteiger partial charge in [-0.25, -0.2) is 0 Å². The van der Waals surface area contributed by atoms with E-state index in [-0.39, 0.29) is 0 Å². The Kier molecular flexibility index (Phi) is 2.73. The molecule has 58 valence electrons. The van der Waals surface area contributed by atoms with Crippen LogP contribution in [0, 0.1) is 0 Å². The molecule has 2 rings (SSSR count). The van der Waals surface area contributed by atoms with Crippen molar-refractivity contribution in [2.24, 2.45) is 0 Å². The summed E-state index contributed by atoms with van der Waals surface area (Å²) in [5.41, 5.74) is 1.94. The maximum atomic E-state index is 5.08. The lowest BCUT2D eigenvalue weighted by Crippen LogP contribution is -1.43. The fourth-order valence-electron chi connectivity index (χ4n) is 0.712. The summed E-state index contributed by atoms with van der Waals surface area (Å²) in [7, 11) is 0. The molecule has 2 aromatic rings. The molecule has 1 nitrogen and oxygen atoms in total. The molecule has 0 fully saturated rings. The van der Waals surface area contributed by atoms with E-state index in [2.05, 4.69) is 13.5 Å². The van der Waals surface area contributed by atoms with Gasteiger partial charge in [0.05, 0.1) is 0 Å². The lowest BCUT2D eigenvalue weighted by Gasteiger charge is -1.60. The van der Waals surface area contributed by atoms with Gasteiger partial charge in [-0.05, 0) is 30.7 Å². The molecule has 1 heteroatoms. The maximum absolute atomic E-state index is 5.08. The third-order valence-corrected chi connectivity index (χ3v) is 1.35. The van der Waals surface area contributed by atoms with E-state index in [1.807, 2.05) is 30.3 Å². The van der Waals surface area contributed by atoms with E-state index in [0.717, 1.165) is 17.6 Å². The molecule has 0 aromatic carbocycles. The zero-order valence-corrected chi connectivity index (χ0v) is 6.71. The summed E-state index contributed by atoms with van der Waals surface area (Å²) in [6.45, 7) is 5.54. The second-order valence-corrected chi connectivity index (χ2v) is 2.27. The molecule has 0 aliphatic rings. The van der Waals surface area contributed by atoms with Crippen LogP contribution in [0.4, 0.5) is 0 Å². The molecule has 0 N–H and O–H groups in total. The van der Waals surface area contributed by atoms with E-state index in [1.165, 1.54) is 0 Å². The summed E-state index contributed by atoms with van der Waals surface area (Å²) >= 11 is 0. The van der Waals surface area contributed by atoms with Crippen molar-refractivity contribution in [3.05, 3.63) is 36.9 Å². The molecule has 2 bridgehead atoms. The van der Waals surface area contributed by atoms with Crippen molar-refractivity contribution in [1.29, 1.82) is 0 Å². The normalized spacial score (nSPS) is 9.18. The predicted octanol–water partition coefficient (Wildman–Crippen LogP) is 3.45. The molecular weight excluding hydrogens is 136 g/mol. The van der Waals surface area contributed by atoms with Crippen LogP contribution < -0.4 is 0 Å². The van der Waals surface area contributed by atoms with Gasteiger partial charge in [0.2, 0.25) is 0 Å². The highest BCUT2D eigenvalue weighted by molar-refractivity contribution is 5.59. The Balaban J connectivity index is 0.000000134. The van der Waals surface area contributed by atoms with Gasteiger partial charge >= 0.3 is 0 Å². The second-order valence-electron chi connectivity index (χ2n) is 2.27. The first-order valence-electron chi connectivity index (χ1n) is 3.75. The first kappa shape index (κ1) is 7.86. The number of hydrogen-bond acceptors (Lipinski definition) is 1. The maximum Gasteiger partial charge on any atom is 0.127 e. The van der Waals surface area contributed by atoms with Crippen molar-refractivity contribution >= 4 is 11.2 Å². The van der Waals surface area contributed by atoms with Crippen molar-refractivity contribution in [3.63, 3.8) is 0 Å². The van der Waals surface area contributed by atoms with Gasteiger partial charge in [-0.1, -0.05) is 13.0 Å². The summed E-state index contributed by atoms with van der Waals surface area (Å²) < 4.78 is 5.08. The van der Waals surface area contributed by atoms with Crippen molar-refractivity contribution in [1.82, 2.24) is 0 Å². The van der Waals surface area contributed by atoms with Crippen molar-refractivity contribution in [2.75, 3.05) is 0 Å². The summed E-state index contributed by atoms with van der Waals surface area (Å²) in [4.78, 5) is 0. The standard InChI is InChI=1S/C6H4O.C4H8/c1-2-6-4-3-5(1)7-6;1-3-4-2/h1-4H;3H,1,4H2,2H3. The van der Waals surface area contributed by atoms with Crippen LogP contribution in [-0.2, 0) is 0 Å². The lowest BCUT2D eigenvalue weighted by atomic mass is 10.4. The molecular formula is C10H12O. The van der Waals surface area contributed by atoms with Gasteiger partial charge in [-0.15, -0.1) is 6.58 Å². The Bertz CT molecular complexity index is 250. The number of benzene rings is 1. The minimum atomic E-state index is 0.968. The van der Waals surface area contributed by atoms with Crippen LogP contribution in [0.2, 0.25) is 0 Å². The van der Waals surface area contributed by atoms with E-state index >= 15 is 0 Å². The van der Waals surface area contributed by atoms with Crippen LogP contribution in [0.3, 0.4) is 0 Å². The van der Waals surface area contributed by atoms with E-state index < -0.39 is 0 Å². The second kappa shape index (κ2) is 3.81. The van der Waals surface area contributed by atoms with E-state index in [9.17, 15) is 0 Å². The lowest BCUT2D eigenvalue weighted by molar-refractivity contribution is 0.675. The van der Waals surface area contributed by atoms with Gasteiger partial charge in [-0.2, -0.15) is 0 Å². The number of fused-ring (bicyclic) bond motifs is 2. The Morgan fingerprint density at radius 1 is 1.27 bits per heavy atom. The molecule has 0 unspecified atom stereocenters. The third-order valence-electron chi connectivity index (χ3n) is 1.35. The van der Waals surface area contributed by atoms with E-state index in [0.29, 0.717) is 0 Å². The Labute approximate surface area is 66.7 Å². The molecule has 11 heavy (non-hydrogen) atoms. The summed E-state index contributed by atoms with van der Waals surface area (Å²) in [6, 6.07) is 7.81. The molecule has 0 saturated carbocycles. The van der Waals surface area contributed by atoms with Gasteiger partial charge in [-0.3, -0.25) is 0 Å². The summed E-state index contributed by atoms with van der Waals surface area (Å²) in [5.74, 6) is 0. The van der Waals surface area contributed by atoms with Gasteiger partial charge in [0, 0.05) is 0 Å². The molecule has 0 saturated heterocycles.